The van der Waals surface area contributed by atoms with Crippen LogP contribution in [0.3, 0.4) is 0 Å². The largest absolute Gasteiger partial charge is 0.356 e. The van der Waals surface area contributed by atoms with Gasteiger partial charge < -0.3 is 14.7 Å². The molecule has 0 bridgehead atoms. The Morgan fingerprint density at radius 1 is 1.36 bits per heavy atom. The summed E-state index contributed by atoms with van der Waals surface area (Å²) in [5.74, 6) is 0.112. The average molecular weight is 324 g/mol. The van der Waals surface area contributed by atoms with Crippen LogP contribution in [-0.2, 0) is 11.2 Å². The van der Waals surface area contributed by atoms with Gasteiger partial charge >= 0.3 is 0 Å². The molecule has 6 heteroatoms. The number of benzene rings is 1. The Kier molecular flexibility index (Phi) is 5.80. The van der Waals surface area contributed by atoms with Gasteiger partial charge in [0, 0.05) is 18.5 Å². The van der Waals surface area contributed by atoms with Crippen LogP contribution in [0.4, 0.5) is 0 Å². The van der Waals surface area contributed by atoms with E-state index in [1.54, 1.807) is 0 Å². The molecule has 1 atom stereocenters. The van der Waals surface area contributed by atoms with Gasteiger partial charge in [-0.1, -0.05) is 17.3 Å². The normalized spacial score (nSPS) is 18.5. The monoisotopic (exact) mass is 323 g/mol. The number of nitrogens with one attached hydrogen (secondary N) is 1. The minimum Gasteiger partial charge on any atom is -0.356 e. The van der Waals surface area contributed by atoms with Gasteiger partial charge in [-0.15, -0.1) is 12.4 Å². The summed E-state index contributed by atoms with van der Waals surface area (Å²) >= 11 is 0. The Balaban J connectivity index is 0.00000176. The molecule has 120 valence electrons. The van der Waals surface area contributed by atoms with Crippen LogP contribution in [0, 0.1) is 0 Å². The molecular weight excluding hydrogens is 302 g/mol. The fourth-order valence-electron chi connectivity index (χ4n) is 2.93. The third-order valence-corrected chi connectivity index (χ3v) is 4.26. The predicted molar refractivity (Wildman–Crippen MR) is 88.2 cm³/mol. The van der Waals surface area contributed by atoms with Crippen LogP contribution in [0.5, 0.6) is 0 Å². The van der Waals surface area contributed by atoms with E-state index >= 15 is 0 Å². The van der Waals surface area contributed by atoms with Crippen LogP contribution < -0.4 is 5.32 Å². The van der Waals surface area contributed by atoms with Gasteiger partial charge in [-0.3, -0.25) is 4.79 Å². The maximum Gasteiger partial charge on any atom is 0.228 e. The molecule has 0 saturated carbocycles. The van der Waals surface area contributed by atoms with Crippen molar-refractivity contribution in [1.82, 2.24) is 15.4 Å². The van der Waals surface area contributed by atoms with Crippen molar-refractivity contribution in [2.45, 2.75) is 31.7 Å². The first kappa shape index (κ1) is 16.8. The first-order chi connectivity index (χ1) is 10.3. The van der Waals surface area contributed by atoms with E-state index in [1.807, 2.05) is 36.2 Å². The van der Waals surface area contributed by atoms with Crippen molar-refractivity contribution < 1.29 is 9.32 Å². The highest BCUT2D eigenvalue weighted by Gasteiger charge is 2.22. The van der Waals surface area contributed by atoms with Crippen molar-refractivity contribution in [2.75, 3.05) is 20.1 Å². The van der Waals surface area contributed by atoms with Crippen LogP contribution in [0.1, 0.15) is 25.0 Å². The molecule has 1 saturated heterocycles. The zero-order valence-corrected chi connectivity index (χ0v) is 13.6. The molecular formula is C16H22ClN3O2. The molecule has 22 heavy (non-hydrogen) atoms. The van der Waals surface area contributed by atoms with E-state index in [0.717, 1.165) is 49.0 Å². The van der Waals surface area contributed by atoms with E-state index in [0.29, 0.717) is 12.5 Å². The molecule has 3 rings (SSSR count). The number of fused-ring (bicyclic) bond motifs is 1. The summed E-state index contributed by atoms with van der Waals surface area (Å²) in [5.41, 5.74) is 1.47. The molecule has 1 aliphatic rings. The highest BCUT2D eigenvalue weighted by atomic mass is 35.5. The van der Waals surface area contributed by atoms with E-state index in [9.17, 15) is 4.79 Å². The predicted octanol–water partition coefficient (Wildman–Crippen LogP) is 2.39. The van der Waals surface area contributed by atoms with Crippen molar-refractivity contribution in [2.24, 2.45) is 0 Å². The number of carbonyl (C=O) groups excluding carboxylic acids is 1. The number of rotatable bonds is 3. The SMILES string of the molecule is CN(C(=O)Cc1noc2ccccc12)C1CCCNCC1.Cl. The maximum absolute atomic E-state index is 12.5. The van der Waals surface area contributed by atoms with E-state index in [-0.39, 0.29) is 18.3 Å². The zero-order valence-electron chi connectivity index (χ0n) is 12.7. The molecule has 1 N–H and O–H groups in total. The van der Waals surface area contributed by atoms with Crippen LogP contribution in [0.15, 0.2) is 28.8 Å². The number of hydrogen-bond donors (Lipinski definition) is 1. The van der Waals surface area contributed by atoms with Gasteiger partial charge in [0.05, 0.1) is 6.42 Å². The van der Waals surface area contributed by atoms with Crippen molar-refractivity contribution in [3.8, 4) is 0 Å². The van der Waals surface area contributed by atoms with Crippen LogP contribution in [-0.4, -0.2) is 42.1 Å². The smallest absolute Gasteiger partial charge is 0.228 e. The number of nitrogens with zero attached hydrogens (tertiary/aromatic N) is 2. The Hall–Kier alpha value is -1.59. The van der Waals surface area contributed by atoms with E-state index in [1.165, 1.54) is 0 Å². The molecule has 1 aromatic carbocycles. The summed E-state index contributed by atoms with van der Waals surface area (Å²) in [6, 6.07) is 7.99. The minimum absolute atomic E-state index is 0. The number of hydrogen-bond acceptors (Lipinski definition) is 4. The van der Waals surface area contributed by atoms with Gasteiger partial charge in [0.15, 0.2) is 5.58 Å². The highest BCUT2D eigenvalue weighted by molar-refractivity contribution is 5.86. The van der Waals surface area contributed by atoms with Gasteiger partial charge in [0.2, 0.25) is 5.91 Å². The second kappa shape index (κ2) is 7.61. The minimum atomic E-state index is 0. The third-order valence-electron chi connectivity index (χ3n) is 4.26. The summed E-state index contributed by atoms with van der Waals surface area (Å²) in [6.07, 6.45) is 3.50. The number of para-hydroxylation sites is 1. The molecule has 1 unspecified atom stereocenters. The molecule has 2 heterocycles. The van der Waals surface area contributed by atoms with Gasteiger partial charge in [-0.05, 0) is 44.5 Å². The van der Waals surface area contributed by atoms with Gasteiger partial charge in [0.1, 0.15) is 5.69 Å². The van der Waals surface area contributed by atoms with E-state index < -0.39 is 0 Å². The quantitative estimate of drug-likeness (QED) is 0.942. The Morgan fingerprint density at radius 3 is 3.05 bits per heavy atom. The average Bonchev–Trinajstić information content (AvgIpc) is 2.74. The van der Waals surface area contributed by atoms with E-state index in [2.05, 4.69) is 10.5 Å². The highest BCUT2D eigenvalue weighted by Crippen LogP contribution is 2.20. The lowest BCUT2D eigenvalue weighted by Crippen LogP contribution is -2.38. The van der Waals surface area contributed by atoms with Gasteiger partial charge in [-0.25, -0.2) is 0 Å². The Labute approximate surface area is 136 Å². The Morgan fingerprint density at radius 2 is 2.18 bits per heavy atom. The number of aromatic nitrogens is 1. The molecule has 1 fully saturated rings. The summed E-state index contributed by atoms with van der Waals surface area (Å²) < 4.78 is 5.26. The molecule has 2 aromatic rings. The molecule has 1 amide bonds. The number of carbonyl (C=O) groups is 1. The van der Waals surface area contributed by atoms with E-state index in [4.69, 9.17) is 4.52 Å². The number of halogens is 1. The summed E-state index contributed by atoms with van der Waals surface area (Å²) in [7, 11) is 1.90. The van der Waals surface area contributed by atoms with Crippen LogP contribution >= 0.6 is 12.4 Å². The van der Waals surface area contributed by atoms with Crippen molar-refractivity contribution in [3.63, 3.8) is 0 Å². The first-order valence-corrected chi connectivity index (χ1v) is 7.55. The summed E-state index contributed by atoms with van der Waals surface area (Å²) in [6.45, 7) is 2.03. The lowest BCUT2D eigenvalue weighted by Gasteiger charge is -2.26. The molecule has 1 aromatic heterocycles. The molecule has 1 aliphatic heterocycles. The summed E-state index contributed by atoms with van der Waals surface area (Å²) in [4.78, 5) is 14.4. The second-order valence-electron chi connectivity index (χ2n) is 5.64. The number of likely N-dealkylation sites (N-methyl/N-ethyl adjacent to an activating group) is 1. The van der Waals surface area contributed by atoms with Gasteiger partial charge in [0.25, 0.3) is 0 Å². The summed E-state index contributed by atoms with van der Waals surface area (Å²) in [5, 5.41) is 8.35. The molecule has 0 radical (unpaired) electrons. The standard InChI is InChI=1S/C16H21N3O2.ClH/c1-19(12-5-4-9-17-10-8-12)16(20)11-14-13-6-2-3-7-15(13)21-18-14;/h2-3,6-7,12,17H,4-5,8-11H2,1H3;1H. The number of amides is 1. The Bertz CT molecular complexity index is 621. The van der Waals surface area contributed by atoms with Crippen molar-refractivity contribution in [3.05, 3.63) is 30.0 Å². The third kappa shape index (κ3) is 3.59. The van der Waals surface area contributed by atoms with Crippen molar-refractivity contribution >= 4 is 29.3 Å². The second-order valence-corrected chi connectivity index (χ2v) is 5.64. The zero-order chi connectivity index (χ0) is 14.7. The topological polar surface area (TPSA) is 58.4 Å². The molecule has 0 aliphatic carbocycles. The molecule has 5 nitrogen and oxygen atoms in total. The fourth-order valence-corrected chi connectivity index (χ4v) is 2.93. The van der Waals surface area contributed by atoms with Crippen LogP contribution in [0.25, 0.3) is 11.0 Å². The van der Waals surface area contributed by atoms with Gasteiger partial charge in [-0.2, -0.15) is 0 Å². The first-order valence-electron chi connectivity index (χ1n) is 7.55. The van der Waals surface area contributed by atoms with Crippen molar-refractivity contribution in [1.29, 1.82) is 0 Å². The lowest BCUT2D eigenvalue weighted by atomic mass is 10.1. The maximum atomic E-state index is 12.5. The molecule has 0 spiro atoms. The lowest BCUT2D eigenvalue weighted by molar-refractivity contribution is -0.131. The fraction of sp³-hybridized carbons (Fsp3) is 0.500. The van der Waals surface area contributed by atoms with Crippen LogP contribution in [0.2, 0.25) is 0 Å².